The van der Waals surface area contributed by atoms with E-state index in [0.717, 1.165) is 64.8 Å². The molecule has 2 amide bonds. The van der Waals surface area contributed by atoms with Gasteiger partial charge < -0.3 is 52.0 Å². The number of anilines is 6. The van der Waals surface area contributed by atoms with Gasteiger partial charge in [0.05, 0.1) is 0 Å². The topological polar surface area (TPSA) is 226 Å². The fourth-order valence-corrected chi connectivity index (χ4v) is 6.81. The third kappa shape index (κ3) is 19.1. The quantitative estimate of drug-likeness (QED) is 0.0237. The van der Waals surface area contributed by atoms with Gasteiger partial charge in [0.1, 0.15) is 12.2 Å². The molecule has 0 saturated heterocycles. The highest BCUT2D eigenvalue weighted by molar-refractivity contribution is 5.68. The number of benzene rings is 4. The summed E-state index contributed by atoms with van der Waals surface area (Å²) in [4.78, 5) is 52.7. The molecular formula is C52H68N14O4. The second-order valence-corrected chi connectivity index (χ2v) is 18.2. The third-order valence-corrected chi connectivity index (χ3v) is 10.3. The molecule has 0 bridgehead atoms. The molecule has 0 fully saturated rings. The van der Waals surface area contributed by atoms with Gasteiger partial charge in [-0.3, -0.25) is 0 Å². The summed E-state index contributed by atoms with van der Waals surface area (Å²) in [5, 5.41) is 25.8. The van der Waals surface area contributed by atoms with Crippen LogP contribution in [-0.2, 0) is 55.3 Å². The van der Waals surface area contributed by atoms with Crippen molar-refractivity contribution in [3.8, 4) is 0 Å². The molecule has 4 aromatic carbocycles. The zero-order valence-corrected chi connectivity index (χ0v) is 41.2. The van der Waals surface area contributed by atoms with Crippen LogP contribution in [0.5, 0.6) is 0 Å². The van der Waals surface area contributed by atoms with Crippen molar-refractivity contribution in [2.75, 3.05) is 45.0 Å². The standard InChI is InChI=1S/C52H68N14O4/c1-7-8-12-24-53-44-61-46(65-47(62-44)56-31-40-20-14-22-42(26-40)33-59-50(67)69-35-37-16-10-9-11-17-37)55-29-38-18-13-19-39(25-38)30-57-48-63-45(54-28-36(2)3)64-49(66-48)58-32-41-21-15-23-43(27-41)34-60-51(68)70-52(4,5)6/h9-11,13-23,25-27,36H,7-8,12,24,28-35H2,1-6H3,(H,59,67)(H,60,68)(H3,53,55,56,61,62,65)(H3,54,57,58,63,64,66). The fourth-order valence-electron chi connectivity index (χ4n) is 6.81. The van der Waals surface area contributed by atoms with Crippen molar-refractivity contribution in [2.45, 2.75) is 112 Å². The molecular weight excluding hydrogens is 885 g/mol. The third-order valence-electron chi connectivity index (χ3n) is 10.3. The van der Waals surface area contributed by atoms with E-state index in [4.69, 9.17) is 24.4 Å². The van der Waals surface area contributed by atoms with Crippen molar-refractivity contribution in [1.29, 1.82) is 0 Å². The molecule has 0 aliphatic rings. The Kier molecular flexibility index (Phi) is 19.7. The average Bonchev–Trinajstić information content (AvgIpc) is 3.35. The number of carbonyl (C=O) groups is 2. The Morgan fingerprint density at radius 3 is 1.29 bits per heavy atom. The number of rotatable bonds is 26. The average molecular weight is 953 g/mol. The highest BCUT2D eigenvalue weighted by Crippen LogP contribution is 2.17. The molecule has 18 nitrogen and oxygen atoms in total. The predicted molar refractivity (Wildman–Crippen MR) is 276 cm³/mol. The number of amides is 2. The van der Waals surface area contributed by atoms with Crippen molar-refractivity contribution < 1.29 is 19.1 Å². The number of nitrogens with zero attached hydrogens (tertiary/aromatic N) is 6. The minimum atomic E-state index is -0.571. The zero-order valence-electron chi connectivity index (χ0n) is 41.2. The normalized spacial score (nSPS) is 11.1. The van der Waals surface area contributed by atoms with Crippen LogP contribution in [0.25, 0.3) is 0 Å². The number of alkyl carbamates (subject to hydrolysis) is 2. The Balaban J connectivity index is 1.05. The molecule has 8 N–H and O–H groups in total. The monoisotopic (exact) mass is 953 g/mol. The molecule has 2 heterocycles. The summed E-state index contributed by atoms with van der Waals surface area (Å²) >= 11 is 0. The van der Waals surface area contributed by atoms with Crippen LogP contribution in [0.2, 0.25) is 0 Å². The van der Waals surface area contributed by atoms with Crippen LogP contribution < -0.4 is 42.5 Å². The molecule has 18 heteroatoms. The van der Waals surface area contributed by atoms with E-state index in [1.807, 2.05) is 118 Å². The number of hydrogen-bond donors (Lipinski definition) is 8. The predicted octanol–water partition coefficient (Wildman–Crippen LogP) is 9.63. The Labute approximate surface area is 411 Å². The molecule has 0 spiro atoms. The number of unbranched alkanes of at least 4 members (excludes halogenated alkanes) is 2. The van der Waals surface area contributed by atoms with Gasteiger partial charge in [0.15, 0.2) is 0 Å². The van der Waals surface area contributed by atoms with Crippen molar-refractivity contribution in [2.24, 2.45) is 5.92 Å². The molecule has 0 aliphatic carbocycles. The molecule has 370 valence electrons. The van der Waals surface area contributed by atoms with Crippen molar-refractivity contribution in [3.05, 3.63) is 142 Å². The van der Waals surface area contributed by atoms with Gasteiger partial charge in [-0.25, -0.2) is 9.59 Å². The van der Waals surface area contributed by atoms with Gasteiger partial charge in [-0.05, 0) is 72.1 Å². The first-order valence-electron chi connectivity index (χ1n) is 23.9. The molecule has 0 aliphatic heterocycles. The van der Waals surface area contributed by atoms with Gasteiger partial charge in [0.25, 0.3) is 0 Å². The summed E-state index contributed by atoms with van der Waals surface area (Å²) in [6.45, 7) is 16.1. The number of aromatic nitrogens is 6. The molecule has 0 radical (unpaired) electrons. The Bertz CT molecular complexity index is 2570. The Hall–Kier alpha value is -7.76. The maximum atomic E-state index is 12.4. The lowest BCUT2D eigenvalue weighted by molar-refractivity contribution is 0.0523. The number of hydrogen-bond acceptors (Lipinski definition) is 16. The summed E-state index contributed by atoms with van der Waals surface area (Å²) < 4.78 is 10.7. The van der Waals surface area contributed by atoms with Gasteiger partial charge in [-0.15, -0.1) is 0 Å². The molecule has 0 saturated carbocycles. The lowest BCUT2D eigenvalue weighted by Crippen LogP contribution is -2.32. The highest BCUT2D eigenvalue weighted by Gasteiger charge is 2.16. The minimum absolute atomic E-state index is 0.208. The van der Waals surface area contributed by atoms with Gasteiger partial charge in [-0.1, -0.05) is 137 Å². The van der Waals surface area contributed by atoms with E-state index in [2.05, 4.69) is 84.3 Å². The van der Waals surface area contributed by atoms with Crippen LogP contribution in [0.3, 0.4) is 0 Å². The second-order valence-electron chi connectivity index (χ2n) is 18.2. The molecule has 0 atom stereocenters. The van der Waals surface area contributed by atoms with Crippen LogP contribution >= 0.6 is 0 Å². The number of ether oxygens (including phenoxy) is 2. The van der Waals surface area contributed by atoms with Gasteiger partial charge >= 0.3 is 12.2 Å². The Morgan fingerprint density at radius 1 is 0.486 bits per heavy atom. The van der Waals surface area contributed by atoms with E-state index in [9.17, 15) is 9.59 Å². The lowest BCUT2D eigenvalue weighted by Gasteiger charge is -2.19. The van der Waals surface area contributed by atoms with E-state index in [1.54, 1.807) is 0 Å². The van der Waals surface area contributed by atoms with Crippen LogP contribution in [0.4, 0.5) is 45.3 Å². The van der Waals surface area contributed by atoms with Gasteiger partial charge in [0, 0.05) is 52.4 Å². The highest BCUT2D eigenvalue weighted by atomic mass is 16.6. The van der Waals surface area contributed by atoms with Gasteiger partial charge in [-0.2, -0.15) is 29.9 Å². The van der Waals surface area contributed by atoms with Crippen LogP contribution in [0, 0.1) is 5.92 Å². The molecule has 6 rings (SSSR count). The fraction of sp³-hybridized carbons (Fsp3) is 0.385. The lowest BCUT2D eigenvalue weighted by atomic mass is 10.1. The van der Waals surface area contributed by atoms with E-state index in [1.165, 1.54) is 0 Å². The maximum absolute atomic E-state index is 12.4. The summed E-state index contributed by atoms with van der Waals surface area (Å²) in [6, 6.07) is 33.7. The van der Waals surface area contributed by atoms with E-state index < -0.39 is 17.8 Å². The minimum Gasteiger partial charge on any atom is -0.445 e. The summed E-state index contributed by atoms with van der Waals surface area (Å²) in [6.07, 6.45) is 2.27. The summed E-state index contributed by atoms with van der Waals surface area (Å²) in [5.74, 6) is 3.04. The summed E-state index contributed by atoms with van der Waals surface area (Å²) in [7, 11) is 0. The second kappa shape index (κ2) is 26.7. The first-order chi connectivity index (χ1) is 33.8. The molecule has 70 heavy (non-hydrogen) atoms. The Morgan fingerprint density at radius 2 is 0.871 bits per heavy atom. The van der Waals surface area contributed by atoms with Crippen molar-refractivity contribution in [1.82, 2.24) is 40.5 Å². The number of nitrogens with one attached hydrogen (secondary N) is 8. The molecule has 0 unspecified atom stereocenters. The van der Waals surface area contributed by atoms with E-state index in [-0.39, 0.29) is 6.61 Å². The van der Waals surface area contributed by atoms with Crippen LogP contribution in [-0.4, -0.2) is 60.8 Å². The van der Waals surface area contributed by atoms with Gasteiger partial charge in [0.2, 0.25) is 35.7 Å². The SMILES string of the molecule is CCCCCNc1nc(NCc2cccc(CNC(=O)OCc3ccccc3)c2)nc(NCc2cccc(CNc3nc(NCc4cccc(CNC(=O)OC(C)(C)C)c4)nc(NCC(C)C)n3)c2)n1. The van der Waals surface area contributed by atoms with Crippen LogP contribution in [0.1, 0.15) is 99.7 Å². The van der Waals surface area contributed by atoms with Crippen LogP contribution in [0.15, 0.2) is 103 Å². The first kappa shape index (κ1) is 51.6. The maximum Gasteiger partial charge on any atom is 0.407 e. The summed E-state index contributed by atoms with van der Waals surface area (Å²) in [5.41, 5.74) is 6.28. The van der Waals surface area contributed by atoms with E-state index >= 15 is 0 Å². The largest absolute Gasteiger partial charge is 0.445 e. The van der Waals surface area contributed by atoms with Crippen molar-refractivity contribution >= 4 is 47.9 Å². The molecule has 2 aromatic heterocycles. The zero-order chi connectivity index (χ0) is 49.6. The molecule has 6 aromatic rings. The smallest absolute Gasteiger partial charge is 0.407 e. The van der Waals surface area contributed by atoms with Crippen molar-refractivity contribution in [3.63, 3.8) is 0 Å². The first-order valence-corrected chi connectivity index (χ1v) is 23.9. The number of carbonyl (C=O) groups excluding carboxylic acids is 2. The van der Waals surface area contributed by atoms with E-state index in [0.29, 0.717) is 87.4 Å².